The molecule has 7 nitrogen and oxygen atoms in total. The lowest BCUT2D eigenvalue weighted by atomic mass is 10.0. The summed E-state index contributed by atoms with van der Waals surface area (Å²) in [5.74, 6) is -0.691. The Labute approximate surface area is 244 Å². The highest BCUT2D eigenvalue weighted by molar-refractivity contribution is 7.15. The van der Waals surface area contributed by atoms with E-state index in [4.69, 9.17) is 9.47 Å². The second-order valence-corrected chi connectivity index (χ2v) is 10.8. The van der Waals surface area contributed by atoms with Crippen molar-refractivity contribution in [1.82, 2.24) is 0 Å². The molecule has 1 aromatic heterocycles. The first kappa shape index (κ1) is 29.6. The molecule has 0 radical (unpaired) electrons. The van der Waals surface area contributed by atoms with Crippen LogP contribution < -0.4 is 15.4 Å². The third kappa shape index (κ3) is 7.02. The summed E-state index contributed by atoms with van der Waals surface area (Å²) in [6, 6.07) is 18.4. The Balaban J connectivity index is 1.45. The number of hydrogen-bond donors (Lipinski definition) is 2. The van der Waals surface area contributed by atoms with Gasteiger partial charge in [-0.1, -0.05) is 47.5 Å². The Bertz CT molecular complexity index is 1550. The molecule has 4 rings (SSSR count). The molecule has 2 amide bonds. The first-order chi connectivity index (χ1) is 19.6. The highest BCUT2D eigenvalue weighted by atomic mass is 32.1. The zero-order valence-corrected chi connectivity index (χ0v) is 24.9. The van der Waals surface area contributed by atoms with Crippen LogP contribution in [0.15, 0.2) is 66.0 Å². The van der Waals surface area contributed by atoms with Crippen molar-refractivity contribution in [1.29, 1.82) is 0 Å². The SMILES string of the molecule is CCOC(=O)c1c(-c2ccc(C)cc2)csc1NC(=O)c1ccc(O[C@@H](C)C(=O)Nc2c(C)cc(C)cc2C)cc1. The minimum absolute atomic E-state index is 0.220. The van der Waals surface area contributed by atoms with E-state index in [2.05, 4.69) is 10.6 Å². The van der Waals surface area contributed by atoms with Gasteiger partial charge < -0.3 is 20.1 Å². The van der Waals surface area contributed by atoms with Crippen LogP contribution in [0.25, 0.3) is 11.1 Å². The van der Waals surface area contributed by atoms with Crippen LogP contribution in [0.1, 0.15) is 56.8 Å². The minimum Gasteiger partial charge on any atom is -0.481 e. The van der Waals surface area contributed by atoms with Gasteiger partial charge in [0.25, 0.3) is 11.8 Å². The molecule has 41 heavy (non-hydrogen) atoms. The van der Waals surface area contributed by atoms with Crippen LogP contribution in [0.3, 0.4) is 0 Å². The molecule has 0 spiro atoms. The number of benzene rings is 3. The quantitative estimate of drug-likeness (QED) is 0.204. The largest absolute Gasteiger partial charge is 0.481 e. The van der Waals surface area contributed by atoms with Gasteiger partial charge in [-0.05, 0) is 82.5 Å². The van der Waals surface area contributed by atoms with Crippen LogP contribution in [0.5, 0.6) is 5.75 Å². The zero-order chi connectivity index (χ0) is 29.7. The normalized spacial score (nSPS) is 11.5. The molecule has 0 unspecified atom stereocenters. The van der Waals surface area contributed by atoms with Gasteiger partial charge in [0.1, 0.15) is 16.3 Å². The van der Waals surface area contributed by atoms with E-state index >= 15 is 0 Å². The number of carbonyl (C=O) groups is 3. The number of hydrogen-bond acceptors (Lipinski definition) is 6. The van der Waals surface area contributed by atoms with Gasteiger partial charge in [0.15, 0.2) is 6.10 Å². The molecule has 0 aliphatic heterocycles. The van der Waals surface area contributed by atoms with Gasteiger partial charge >= 0.3 is 5.97 Å². The van der Waals surface area contributed by atoms with Gasteiger partial charge in [-0.25, -0.2) is 4.79 Å². The van der Waals surface area contributed by atoms with Gasteiger partial charge in [0.2, 0.25) is 0 Å². The van der Waals surface area contributed by atoms with Crippen molar-refractivity contribution in [3.8, 4) is 16.9 Å². The Kier molecular flexibility index (Phi) is 9.24. The summed E-state index contributed by atoms with van der Waals surface area (Å²) < 4.78 is 11.1. The lowest BCUT2D eigenvalue weighted by Gasteiger charge is -2.18. The van der Waals surface area contributed by atoms with Crippen LogP contribution in [-0.2, 0) is 9.53 Å². The van der Waals surface area contributed by atoms with Crippen LogP contribution in [0, 0.1) is 27.7 Å². The van der Waals surface area contributed by atoms with E-state index in [0.717, 1.165) is 33.5 Å². The second kappa shape index (κ2) is 12.8. The third-order valence-electron chi connectivity index (χ3n) is 6.58. The van der Waals surface area contributed by atoms with Crippen molar-refractivity contribution in [3.63, 3.8) is 0 Å². The molecule has 1 heterocycles. The smallest absolute Gasteiger partial charge is 0.341 e. The topological polar surface area (TPSA) is 93.7 Å². The van der Waals surface area contributed by atoms with E-state index in [1.54, 1.807) is 38.1 Å². The fourth-order valence-electron chi connectivity index (χ4n) is 4.52. The maximum atomic E-state index is 13.1. The van der Waals surface area contributed by atoms with Crippen molar-refractivity contribution in [2.45, 2.75) is 47.6 Å². The fraction of sp³-hybridized carbons (Fsp3) is 0.242. The Hall–Kier alpha value is -4.43. The number of aryl methyl sites for hydroxylation is 4. The molecule has 0 bridgehead atoms. The number of thiophene rings is 1. The van der Waals surface area contributed by atoms with E-state index in [1.165, 1.54) is 11.3 Å². The maximum Gasteiger partial charge on any atom is 0.341 e. The Morgan fingerprint density at radius 2 is 1.49 bits per heavy atom. The van der Waals surface area contributed by atoms with Crippen LogP contribution in [0.2, 0.25) is 0 Å². The van der Waals surface area contributed by atoms with Crippen molar-refractivity contribution >= 4 is 39.8 Å². The zero-order valence-electron chi connectivity index (χ0n) is 24.1. The predicted molar refractivity (Wildman–Crippen MR) is 164 cm³/mol. The summed E-state index contributed by atoms with van der Waals surface area (Å²) in [6.07, 6.45) is -0.756. The van der Waals surface area contributed by atoms with Gasteiger partial charge in [0, 0.05) is 22.2 Å². The van der Waals surface area contributed by atoms with E-state index in [0.29, 0.717) is 27.4 Å². The summed E-state index contributed by atoms with van der Waals surface area (Å²) in [5.41, 5.74) is 7.27. The number of amides is 2. The van der Waals surface area contributed by atoms with Gasteiger partial charge in [-0.3, -0.25) is 9.59 Å². The first-order valence-corrected chi connectivity index (χ1v) is 14.3. The molecule has 0 aliphatic carbocycles. The van der Waals surface area contributed by atoms with Crippen LogP contribution >= 0.6 is 11.3 Å². The summed E-state index contributed by atoms with van der Waals surface area (Å²) in [5, 5.41) is 8.08. The van der Waals surface area contributed by atoms with Crippen molar-refractivity contribution in [2.75, 3.05) is 17.2 Å². The molecular weight excluding hydrogens is 536 g/mol. The van der Waals surface area contributed by atoms with Gasteiger partial charge in [-0.15, -0.1) is 11.3 Å². The summed E-state index contributed by atoms with van der Waals surface area (Å²) >= 11 is 1.27. The van der Waals surface area contributed by atoms with Gasteiger partial charge in [-0.2, -0.15) is 0 Å². The van der Waals surface area contributed by atoms with E-state index in [-0.39, 0.29) is 18.4 Å². The number of anilines is 2. The Morgan fingerprint density at radius 3 is 2.10 bits per heavy atom. The number of ether oxygens (including phenoxy) is 2. The second-order valence-electron chi connectivity index (χ2n) is 9.94. The molecule has 0 saturated heterocycles. The standard InChI is InChI=1S/C33H34N2O5S/c1-7-39-33(38)28-27(24-10-8-19(2)9-11-24)18-41-32(28)35-31(37)25-12-14-26(15-13-25)40-23(6)30(36)34-29-21(4)16-20(3)17-22(29)5/h8-18,23H,7H2,1-6H3,(H,34,36)(H,35,37)/t23-/m0/s1. The van der Waals surface area contributed by atoms with Crippen LogP contribution in [-0.4, -0.2) is 30.5 Å². The third-order valence-corrected chi connectivity index (χ3v) is 7.48. The molecule has 0 saturated carbocycles. The molecular formula is C33H34N2O5S. The summed E-state index contributed by atoms with van der Waals surface area (Å²) in [6.45, 7) is 11.6. The molecule has 3 aromatic carbocycles. The number of carbonyl (C=O) groups excluding carboxylic acids is 3. The average molecular weight is 571 g/mol. The monoisotopic (exact) mass is 570 g/mol. The Morgan fingerprint density at radius 1 is 0.854 bits per heavy atom. The molecule has 2 N–H and O–H groups in total. The number of esters is 1. The van der Waals surface area contributed by atoms with Crippen molar-refractivity contribution in [2.24, 2.45) is 0 Å². The van der Waals surface area contributed by atoms with Crippen molar-refractivity contribution < 1.29 is 23.9 Å². The number of rotatable bonds is 9. The lowest BCUT2D eigenvalue weighted by molar-refractivity contribution is -0.122. The molecule has 8 heteroatoms. The lowest BCUT2D eigenvalue weighted by Crippen LogP contribution is -2.30. The average Bonchev–Trinajstić information content (AvgIpc) is 3.35. The molecule has 1 atom stereocenters. The molecule has 212 valence electrons. The first-order valence-electron chi connectivity index (χ1n) is 13.4. The highest BCUT2D eigenvalue weighted by Crippen LogP contribution is 2.36. The van der Waals surface area contributed by atoms with Crippen molar-refractivity contribution in [3.05, 3.63) is 99.4 Å². The number of nitrogens with one attached hydrogen (secondary N) is 2. The summed E-state index contributed by atoms with van der Waals surface area (Å²) in [7, 11) is 0. The predicted octanol–water partition coefficient (Wildman–Crippen LogP) is 7.48. The highest BCUT2D eigenvalue weighted by Gasteiger charge is 2.23. The fourth-order valence-corrected chi connectivity index (χ4v) is 5.47. The van der Waals surface area contributed by atoms with Gasteiger partial charge in [0.05, 0.1) is 6.61 Å². The maximum absolute atomic E-state index is 13.1. The van der Waals surface area contributed by atoms with E-state index < -0.39 is 12.1 Å². The molecule has 0 aliphatic rings. The summed E-state index contributed by atoms with van der Waals surface area (Å²) in [4.78, 5) is 38.8. The van der Waals surface area contributed by atoms with Crippen LogP contribution in [0.4, 0.5) is 10.7 Å². The van der Waals surface area contributed by atoms with E-state index in [1.807, 2.05) is 69.5 Å². The molecule has 4 aromatic rings. The van der Waals surface area contributed by atoms with E-state index in [9.17, 15) is 14.4 Å². The minimum atomic E-state index is -0.756. The molecule has 0 fully saturated rings.